The molecule has 1 aliphatic heterocycles. The van der Waals surface area contributed by atoms with Crippen molar-refractivity contribution in [1.29, 1.82) is 0 Å². The van der Waals surface area contributed by atoms with Crippen molar-refractivity contribution in [1.82, 2.24) is 5.43 Å². The first-order valence-corrected chi connectivity index (χ1v) is 11.2. The number of carbonyl (C=O) groups excluding carboxylic acids is 1. The van der Waals surface area contributed by atoms with Crippen molar-refractivity contribution >= 4 is 51.2 Å². The highest BCUT2D eigenvalue weighted by Crippen LogP contribution is 2.25. The number of benzene rings is 2. The van der Waals surface area contributed by atoms with E-state index in [1.165, 1.54) is 30.1 Å². The van der Waals surface area contributed by atoms with Crippen molar-refractivity contribution in [2.24, 2.45) is 5.10 Å². The smallest absolute Gasteiger partial charge is 0.270 e. The number of anilines is 1. The standard InChI is InChI=1S/C20H21BrN4O4S/c21-17-3-1-2-15(10-17)13-30-14-20(26)23-22-12-16-11-18(25(27)28)4-5-19(16)24-6-8-29-9-7-24/h1-5,10-12H,6-9,13-14H2,(H,23,26)/b22-12+. The molecule has 158 valence electrons. The van der Waals surface area contributed by atoms with Gasteiger partial charge in [0.15, 0.2) is 0 Å². The lowest BCUT2D eigenvalue weighted by atomic mass is 10.1. The molecule has 2 aromatic rings. The summed E-state index contributed by atoms with van der Waals surface area (Å²) in [7, 11) is 0. The molecule has 0 radical (unpaired) electrons. The maximum atomic E-state index is 12.1. The average molecular weight is 493 g/mol. The van der Waals surface area contributed by atoms with Crippen LogP contribution >= 0.6 is 27.7 Å². The number of carbonyl (C=O) groups is 1. The first-order chi connectivity index (χ1) is 14.5. The minimum Gasteiger partial charge on any atom is -0.378 e. The SMILES string of the molecule is O=C(CSCc1cccc(Br)c1)N/N=C/c1cc([N+](=O)[O-])ccc1N1CCOCC1. The van der Waals surface area contributed by atoms with E-state index in [0.717, 1.165) is 15.7 Å². The van der Waals surface area contributed by atoms with Gasteiger partial charge in [-0.3, -0.25) is 14.9 Å². The minimum atomic E-state index is -0.447. The van der Waals surface area contributed by atoms with Crippen molar-refractivity contribution in [3.63, 3.8) is 0 Å². The van der Waals surface area contributed by atoms with Crippen LogP contribution in [-0.2, 0) is 15.3 Å². The number of nitrogens with one attached hydrogen (secondary N) is 1. The summed E-state index contributed by atoms with van der Waals surface area (Å²) in [6, 6.07) is 12.6. The third-order valence-electron chi connectivity index (χ3n) is 4.36. The Bertz CT molecular complexity index is 935. The van der Waals surface area contributed by atoms with Crippen molar-refractivity contribution in [2.75, 3.05) is 37.0 Å². The molecule has 3 rings (SSSR count). The molecule has 1 aliphatic rings. The summed E-state index contributed by atoms with van der Waals surface area (Å²) in [6.45, 7) is 2.58. The molecule has 10 heteroatoms. The fourth-order valence-corrected chi connectivity index (χ4v) is 4.16. The number of morpholine rings is 1. The molecule has 0 spiro atoms. The van der Waals surface area contributed by atoms with Crippen LogP contribution in [0.25, 0.3) is 0 Å². The van der Waals surface area contributed by atoms with Crippen LogP contribution in [0, 0.1) is 10.1 Å². The lowest BCUT2D eigenvalue weighted by molar-refractivity contribution is -0.384. The van der Waals surface area contributed by atoms with Crippen LogP contribution in [0.15, 0.2) is 52.0 Å². The quantitative estimate of drug-likeness (QED) is 0.343. The zero-order valence-electron chi connectivity index (χ0n) is 16.1. The van der Waals surface area contributed by atoms with Crippen LogP contribution < -0.4 is 10.3 Å². The van der Waals surface area contributed by atoms with Gasteiger partial charge in [-0.05, 0) is 23.8 Å². The Labute approximate surface area is 186 Å². The van der Waals surface area contributed by atoms with Crippen molar-refractivity contribution in [3.8, 4) is 0 Å². The number of nitro benzene ring substituents is 1. The molecule has 1 amide bonds. The summed E-state index contributed by atoms with van der Waals surface area (Å²) in [5.74, 6) is 0.738. The first kappa shape index (κ1) is 22.3. The van der Waals surface area contributed by atoms with Gasteiger partial charge in [0.05, 0.1) is 30.1 Å². The highest BCUT2D eigenvalue weighted by Gasteiger charge is 2.17. The third kappa shape index (κ3) is 6.54. The molecule has 0 atom stereocenters. The first-order valence-electron chi connectivity index (χ1n) is 9.28. The molecule has 1 saturated heterocycles. The molecule has 0 aromatic heterocycles. The van der Waals surface area contributed by atoms with Gasteiger partial charge in [0.1, 0.15) is 0 Å². The fraction of sp³-hybridized carbons (Fsp3) is 0.300. The molecule has 0 saturated carbocycles. The van der Waals surface area contributed by atoms with E-state index in [9.17, 15) is 14.9 Å². The molecule has 0 bridgehead atoms. The van der Waals surface area contributed by atoms with Crippen LogP contribution in [0.2, 0.25) is 0 Å². The van der Waals surface area contributed by atoms with Crippen LogP contribution in [0.3, 0.4) is 0 Å². The Morgan fingerprint density at radius 2 is 2.10 bits per heavy atom. The highest BCUT2D eigenvalue weighted by molar-refractivity contribution is 9.10. The highest BCUT2D eigenvalue weighted by atomic mass is 79.9. The lowest BCUT2D eigenvalue weighted by Crippen LogP contribution is -2.36. The predicted octanol–water partition coefficient (Wildman–Crippen LogP) is 3.58. The van der Waals surface area contributed by atoms with E-state index in [2.05, 4.69) is 31.4 Å². The number of non-ortho nitro benzene ring substituents is 1. The molecule has 30 heavy (non-hydrogen) atoms. The van der Waals surface area contributed by atoms with Crippen molar-refractivity contribution in [2.45, 2.75) is 5.75 Å². The summed E-state index contributed by atoms with van der Waals surface area (Å²) in [5.41, 5.74) is 5.00. The van der Waals surface area contributed by atoms with Crippen molar-refractivity contribution in [3.05, 3.63) is 68.2 Å². The van der Waals surface area contributed by atoms with E-state index in [1.807, 2.05) is 24.3 Å². The van der Waals surface area contributed by atoms with Gasteiger partial charge in [0.2, 0.25) is 5.91 Å². The second-order valence-corrected chi connectivity index (χ2v) is 8.42. The van der Waals surface area contributed by atoms with Gasteiger partial charge < -0.3 is 9.64 Å². The van der Waals surface area contributed by atoms with Crippen molar-refractivity contribution < 1.29 is 14.5 Å². The van der Waals surface area contributed by atoms with E-state index >= 15 is 0 Å². The van der Waals surface area contributed by atoms with Crippen LogP contribution in [0.4, 0.5) is 11.4 Å². The summed E-state index contributed by atoms with van der Waals surface area (Å²) >= 11 is 4.91. The average Bonchev–Trinajstić information content (AvgIpc) is 2.74. The second kappa shape index (κ2) is 11.1. The zero-order valence-corrected chi connectivity index (χ0v) is 18.5. The normalized spacial score (nSPS) is 14.1. The number of nitro groups is 1. The Kier molecular flexibility index (Phi) is 8.23. The lowest BCUT2D eigenvalue weighted by Gasteiger charge is -2.29. The number of thioether (sulfide) groups is 1. The van der Waals surface area contributed by atoms with E-state index < -0.39 is 4.92 Å². The molecule has 1 heterocycles. The van der Waals surface area contributed by atoms with Gasteiger partial charge >= 0.3 is 0 Å². The summed E-state index contributed by atoms with van der Waals surface area (Å²) < 4.78 is 6.37. The Hall–Kier alpha value is -2.43. The number of hydrazone groups is 1. The van der Waals surface area contributed by atoms with Gasteiger partial charge in [0, 0.05) is 46.7 Å². The van der Waals surface area contributed by atoms with Crippen LogP contribution in [0.1, 0.15) is 11.1 Å². The summed E-state index contributed by atoms with van der Waals surface area (Å²) in [4.78, 5) is 24.8. The Morgan fingerprint density at radius 3 is 2.83 bits per heavy atom. The zero-order chi connectivity index (χ0) is 21.3. The van der Waals surface area contributed by atoms with Gasteiger partial charge in [-0.25, -0.2) is 5.43 Å². The minimum absolute atomic E-state index is 0.0237. The Morgan fingerprint density at radius 1 is 1.30 bits per heavy atom. The van der Waals surface area contributed by atoms with E-state index in [4.69, 9.17) is 4.74 Å². The molecule has 2 aromatic carbocycles. The molecule has 1 fully saturated rings. The number of amides is 1. The molecular formula is C20H21BrN4O4S. The third-order valence-corrected chi connectivity index (χ3v) is 5.85. The predicted molar refractivity (Wildman–Crippen MR) is 122 cm³/mol. The number of nitrogens with zero attached hydrogens (tertiary/aromatic N) is 3. The summed E-state index contributed by atoms with van der Waals surface area (Å²) in [5, 5.41) is 15.1. The monoisotopic (exact) mass is 492 g/mol. The number of hydrogen-bond donors (Lipinski definition) is 1. The molecule has 8 nitrogen and oxygen atoms in total. The molecule has 1 N–H and O–H groups in total. The fourth-order valence-electron chi connectivity index (χ4n) is 2.95. The molecular weight excluding hydrogens is 472 g/mol. The van der Waals surface area contributed by atoms with E-state index in [-0.39, 0.29) is 17.3 Å². The second-order valence-electron chi connectivity index (χ2n) is 6.52. The van der Waals surface area contributed by atoms with Gasteiger partial charge in [-0.2, -0.15) is 5.10 Å². The van der Waals surface area contributed by atoms with Gasteiger partial charge in [-0.1, -0.05) is 28.1 Å². The largest absolute Gasteiger partial charge is 0.378 e. The number of ether oxygens (including phenoxy) is 1. The number of hydrogen-bond acceptors (Lipinski definition) is 7. The maximum Gasteiger partial charge on any atom is 0.270 e. The van der Waals surface area contributed by atoms with Gasteiger partial charge in [0.25, 0.3) is 5.69 Å². The van der Waals surface area contributed by atoms with E-state index in [0.29, 0.717) is 37.6 Å². The topological polar surface area (TPSA) is 97.1 Å². The number of rotatable bonds is 8. The maximum absolute atomic E-state index is 12.1. The Balaban J connectivity index is 1.58. The van der Waals surface area contributed by atoms with Crippen LogP contribution in [-0.4, -0.2) is 49.1 Å². The summed E-state index contributed by atoms with van der Waals surface area (Å²) in [6.07, 6.45) is 1.45. The number of halogens is 1. The van der Waals surface area contributed by atoms with Gasteiger partial charge in [-0.15, -0.1) is 11.8 Å². The van der Waals surface area contributed by atoms with E-state index in [1.54, 1.807) is 6.07 Å². The molecule has 0 aliphatic carbocycles. The molecule has 0 unspecified atom stereocenters. The van der Waals surface area contributed by atoms with Crippen LogP contribution in [0.5, 0.6) is 0 Å².